The second kappa shape index (κ2) is 6.03. The van der Waals surface area contributed by atoms with Crippen molar-refractivity contribution < 1.29 is 4.74 Å². The number of benzene rings is 1. The monoisotopic (exact) mass is 311 g/mol. The molecule has 1 aromatic heterocycles. The van der Waals surface area contributed by atoms with Gasteiger partial charge in [-0.25, -0.2) is 0 Å². The second-order valence-corrected chi connectivity index (χ2v) is 4.71. The summed E-state index contributed by atoms with van der Waals surface area (Å²) in [6.07, 6.45) is 3.51. The van der Waals surface area contributed by atoms with Gasteiger partial charge in [-0.2, -0.15) is 0 Å². The quantitative estimate of drug-likeness (QED) is 0.791. The number of rotatable bonds is 4. The molecule has 17 heavy (non-hydrogen) atoms. The number of halogens is 2. The fourth-order valence-electron chi connectivity index (χ4n) is 1.43. The summed E-state index contributed by atoms with van der Waals surface area (Å²) >= 11 is 9.29. The van der Waals surface area contributed by atoms with Gasteiger partial charge in [-0.1, -0.05) is 15.9 Å². The predicted molar refractivity (Wildman–Crippen MR) is 72.3 cm³/mol. The first-order valence-electron chi connectivity index (χ1n) is 5.15. The SMILES string of the molecule is ClCc1cc(Br)ccc1OCc1ccncc1. The molecular formula is C13H11BrClNO. The van der Waals surface area contributed by atoms with Gasteiger partial charge in [-0.15, -0.1) is 11.6 Å². The summed E-state index contributed by atoms with van der Waals surface area (Å²) in [5, 5.41) is 0. The molecule has 4 heteroatoms. The molecule has 2 aromatic rings. The van der Waals surface area contributed by atoms with Gasteiger partial charge in [0, 0.05) is 22.4 Å². The fraction of sp³-hybridized carbons (Fsp3) is 0.154. The van der Waals surface area contributed by atoms with Crippen molar-refractivity contribution in [1.82, 2.24) is 4.98 Å². The number of pyridine rings is 1. The molecule has 0 aliphatic heterocycles. The van der Waals surface area contributed by atoms with E-state index in [0.717, 1.165) is 21.3 Å². The van der Waals surface area contributed by atoms with Gasteiger partial charge in [0.05, 0.1) is 5.88 Å². The summed E-state index contributed by atoms with van der Waals surface area (Å²) in [5.41, 5.74) is 2.07. The minimum atomic E-state index is 0.436. The zero-order valence-corrected chi connectivity index (χ0v) is 11.4. The smallest absolute Gasteiger partial charge is 0.124 e. The van der Waals surface area contributed by atoms with Crippen molar-refractivity contribution in [3.63, 3.8) is 0 Å². The van der Waals surface area contributed by atoms with Gasteiger partial charge in [-0.05, 0) is 35.9 Å². The Balaban J connectivity index is 2.09. The van der Waals surface area contributed by atoms with Crippen molar-refractivity contribution in [2.24, 2.45) is 0 Å². The molecule has 0 aliphatic rings. The first kappa shape index (κ1) is 12.4. The summed E-state index contributed by atoms with van der Waals surface area (Å²) in [5.74, 6) is 1.26. The van der Waals surface area contributed by atoms with E-state index in [9.17, 15) is 0 Å². The zero-order chi connectivity index (χ0) is 12.1. The minimum absolute atomic E-state index is 0.436. The average molecular weight is 313 g/mol. The Labute approximate surface area is 114 Å². The van der Waals surface area contributed by atoms with Gasteiger partial charge in [-0.3, -0.25) is 4.98 Å². The number of nitrogens with zero attached hydrogens (tertiary/aromatic N) is 1. The van der Waals surface area contributed by atoms with E-state index in [1.807, 2.05) is 30.3 Å². The van der Waals surface area contributed by atoms with Crippen LogP contribution in [0.2, 0.25) is 0 Å². The van der Waals surface area contributed by atoms with Crippen molar-refractivity contribution in [2.45, 2.75) is 12.5 Å². The maximum Gasteiger partial charge on any atom is 0.124 e. The highest BCUT2D eigenvalue weighted by Crippen LogP contribution is 2.25. The average Bonchev–Trinajstić information content (AvgIpc) is 2.38. The van der Waals surface area contributed by atoms with Crippen molar-refractivity contribution in [3.05, 3.63) is 58.3 Å². The van der Waals surface area contributed by atoms with Crippen molar-refractivity contribution >= 4 is 27.5 Å². The van der Waals surface area contributed by atoms with Crippen LogP contribution in [-0.2, 0) is 12.5 Å². The molecule has 0 saturated carbocycles. The Hall–Kier alpha value is -1.06. The molecule has 2 nitrogen and oxygen atoms in total. The first-order chi connectivity index (χ1) is 8.29. The van der Waals surface area contributed by atoms with Crippen LogP contribution in [0.15, 0.2) is 47.2 Å². The van der Waals surface area contributed by atoms with Gasteiger partial charge < -0.3 is 4.74 Å². The van der Waals surface area contributed by atoms with E-state index in [4.69, 9.17) is 16.3 Å². The number of ether oxygens (including phenoxy) is 1. The van der Waals surface area contributed by atoms with E-state index in [1.54, 1.807) is 12.4 Å². The van der Waals surface area contributed by atoms with Gasteiger partial charge in [0.1, 0.15) is 12.4 Å². The predicted octanol–water partition coefficient (Wildman–Crippen LogP) is 4.16. The Kier molecular flexibility index (Phi) is 4.40. The second-order valence-electron chi connectivity index (χ2n) is 3.53. The number of hydrogen-bond donors (Lipinski definition) is 0. The topological polar surface area (TPSA) is 22.1 Å². The molecule has 0 amide bonds. The summed E-state index contributed by atoms with van der Waals surface area (Å²) in [7, 11) is 0. The Morgan fingerprint density at radius 1 is 1.18 bits per heavy atom. The molecule has 0 radical (unpaired) electrons. The first-order valence-corrected chi connectivity index (χ1v) is 6.48. The maximum atomic E-state index is 5.87. The molecule has 0 bridgehead atoms. The van der Waals surface area contributed by atoms with E-state index in [0.29, 0.717) is 12.5 Å². The largest absolute Gasteiger partial charge is 0.489 e. The minimum Gasteiger partial charge on any atom is -0.489 e. The summed E-state index contributed by atoms with van der Waals surface area (Å²) in [6, 6.07) is 9.69. The van der Waals surface area contributed by atoms with Crippen molar-refractivity contribution in [3.8, 4) is 5.75 Å². The molecule has 0 aliphatic carbocycles. The van der Waals surface area contributed by atoms with Gasteiger partial charge in [0.25, 0.3) is 0 Å². The molecule has 0 saturated heterocycles. The van der Waals surface area contributed by atoms with Crippen LogP contribution in [0.1, 0.15) is 11.1 Å². The Morgan fingerprint density at radius 2 is 1.94 bits per heavy atom. The lowest BCUT2D eigenvalue weighted by Gasteiger charge is -2.10. The van der Waals surface area contributed by atoms with Crippen LogP contribution < -0.4 is 4.74 Å². The van der Waals surface area contributed by atoms with Gasteiger partial charge in [0.2, 0.25) is 0 Å². The van der Waals surface area contributed by atoms with Crippen molar-refractivity contribution in [1.29, 1.82) is 0 Å². The molecular weight excluding hydrogens is 302 g/mol. The number of alkyl halides is 1. The number of hydrogen-bond acceptors (Lipinski definition) is 2. The molecule has 0 spiro atoms. The highest BCUT2D eigenvalue weighted by Gasteiger charge is 2.03. The fourth-order valence-corrected chi connectivity index (χ4v) is 2.05. The summed E-state index contributed by atoms with van der Waals surface area (Å²) in [6.45, 7) is 0.522. The van der Waals surface area contributed by atoms with Crippen LogP contribution in [0.5, 0.6) is 5.75 Å². The third-order valence-corrected chi connectivity index (χ3v) is 3.09. The van der Waals surface area contributed by atoms with Gasteiger partial charge >= 0.3 is 0 Å². The standard InChI is InChI=1S/C13H11BrClNO/c14-12-1-2-13(11(7-12)8-15)17-9-10-3-5-16-6-4-10/h1-7H,8-9H2. The van der Waals surface area contributed by atoms with Crippen LogP contribution in [0, 0.1) is 0 Å². The highest BCUT2D eigenvalue weighted by atomic mass is 79.9. The van der Waals surface area contributed by atoms with Crippen LogP contribution in [0.4, 0.5) is 0 Å². The normalized spacial score (nSPS) is 10.2. The lowest BCUT2D eigenvalue weighted by molar-refractivity contribution is 0.303. The van der Waals surface area contributed by atoms with E-state index in [2.05, 4.69) is 20.9 Å². The van der Waals surface area contributed by atoms with Crippen molar-refractivity contribution in [2.75, 3.05) is 0 Å². The van der Waals surface area contributed by atoms with Crippen LogP contribution in [-0.4, -0.2) is 4.98 Å². The summed E-state index contributed by atoms with van der Waals surface area (Å²) in [4.78, 5) is 3.96. The molecule has 88 valence electrons. The molecule has 0 N–H and O–H groups in total. The number of aromatic nitrogens is 1. The Bertz CT molecular complexity index is 490. The van der Waals surface area contributed by atoms with E-state index in [-0.39, 0.29) is 0 Å². The lowest BCUT2D eigenvalue weighted by atomic mass is 10.2. The third-order valence-electron chi connectivity index (χ3n) is 2.31. The molecule has 0 unspecified atom stereocenters. The molecule has 1 aromatic carbocycles. The molecule has 0 fully saturated rings. The maximum absolute atomic E-state index is 5.87. The van der Waals surface area contributed by atoms with Crippen LogP contribution >= 0.6 is 27.5 Å². The van der Waals surface area contributed by atoms with Gasteiger partial charge in [0.15, 0.2) is 0 Å². The molecule has 0 atom stereocenters. The third kappa shape index (κ3) is 3.45. The van der Waals surface area contributed by atoms with E-state index in [1.165, 1.54) is 0 Å². The summed E-state index contributed by atoms with van der Waals surface area (Å²) < 4.78 is 6.74. The lowest BCUT2D eigenvalue weighted by Crippen LogP contribution is -1.97. The van der Waals surface area contributed by atoms with E-state index >= 15 is 0 Å². The van der Waals surface area contributed by atoms with Crippen LogP contribution in [0.3, 0.4) is 0 Å². The van der Waals surface area contributed by atoms with E-state index < -0.39 is 0 Å². The molecule has 1 heterocycles. The highest BCUT2D eigenvalue weighted by molar-refractivity contribution is 9.10. The van der Waals surface area contributed by atoms with Crippen LogP contribution in [0.25, 0.3) is 0 Å². The zero-order valence-electron chi connectivity index (χ0n) is 9.07. The molecule has 2 rings (SSSR count). The Morgan fingerprint density at radius 3 is 2.65 bits per heavy atom.